The van der Waals surface area contributed by atoms with Crippen LogP contribution in [-0.4, -0.2) is 57.1 Å². The number of nitrogens with zero attached hydrogens (tertiary/aromatic N) is 2. The molecule has 0 bridgehead atoms. The summed E-state index contributed by atoms with van der Waals surface area (Å²) < 4.78 is 31.2. The van der Waals surface area contributed by atoms with Crippen molar-refractivity contribution in [1.82, 2.24) is 10.2 Å². The van der Waals surface area contributed by atoms with Gasteiger partial charge in [-0.3, -0.25) is 13.9 Å². The molecule has 2 aromatic carbocycles. The van der Waals surface area contributed by atoms with Gasteiger partial charge in [-0.25, -0.2) is 8.42 Å². The second kappa shape index (κ2) is 13.1. The van der Waals surface area contributed by atoms with Crippen molar-refractivity contribution in [2.75, 3.05) is 24.2 Å². The van der Waals surface area contributed by atoms with Gasteiger partial charge in [0, 0.05) is 25.6 Å². The van der Waals surface area contributed by atoms with Gasteiger partial charge < -0.3 is 15.0 Å². The molecule has 192 valence electrons. The van der Waals surface area contributed by atoms with Crippen molar-refractivity contribution >= 4 is 27.5 Å². The molecule has 0 radical (unpaired) electrons. The molecular weight excluding hydrogens is 466 g/mol. The maximum atomic E-state index is 13.3. The summed E-state index contributed by atoms with van der Waals surface area (Å²) in [6, 6.07) is 15.5. The average molecular weight is 504 g/mol. The Morgan fingerprint density at radius 3 is 2.20 bits per heavy atom. The Morgan fingerprint density at radius 1 is 1.03 bits per heavy atom. The lowest BCUT2D eigenvalue weighted by molar-refractivity contribution is -0.140. The minimum atomic E-state index is -3.51. The maximum Gasteiger partial charge on any atom is 0.242 e. The van der Waals surface area contributed by atoms with E-state index in [0.29, 0.717) is 17.9 Å². The average Bonchev–Trinajstić information content (AvgIpc) is 2.84. The van der Waals surface area contributed by atoms with E-state index in [4.69, 9.17) is 4.74 Å². The first-order chi connectivity index (χ1) is 16.6. The molecule has 0 saturated carbocycles. The van der Waals surface area contributed by atoms with E-state index >= 15 is 0 Å². The first-order valence-corrected chi connectivity index (χ1v) is 13.7. The van der Waals surface area contributed by atoms with Crippen LogP contribution in [0.2, 0.25) is 0 Å². The van der Waals surface area contributed by atoms with Crippen molar-refractivity contribution < 1.29 is 22.7 Å². The zero-order valence-corrected chi connectivity index (χ0v) is 22.0. The van der Waals surface area contributed by atoms with Gasteiger partial charge in [-0.05, 0) is 56.5 Å². The number of benzene rings is 2. The van der Waals surface area contributed by atoms with Crippen molar-refractivity contribution in [3.05, 3.63) is 60.2 Å². The number of carbonyl (C=O) groups is 2. The normalized spacial score (nSPS) is 12.9. The first kappa shape index (κ1) is 28.2. The minimum absolute atomic E-state index is 0.00270. The van der Waals surface area contributed by atoms with Gasteiger partial charge >= 0.3 is 0 Å². The fraction of sp³-hybridized carbons (Fsp3) is 0.462. The molecule has 8 nitrogen and oxygen atoms in total. The molecular formula is C26H37N3O5S. The standard InChI is InChI=1S/C26H37N3O5S/c1-6-20(2)27-26(31)21(3)28(19-22-14-16-24(34-4)17-15-22)25(30)13-10-18-29(35(5,32)33)23-11-8-7-9-12-23/h7-9,11-12,14-17,20-21H,6,10,13,18-19H2,1-5H3,(H,27,31)/t20-,21+/m0/s1. The summed E-state index contributed by atoms with van der Waals surface area (Å²) in [7, 11) is -1.92. The van der Waals surface area contributed by atoms with E-state index in [9.17, 15) is 18.0 Å². The zero-order valence-electron chi connectivity index (χ0n) is 21.2. The quantitative estimate of drug-likeness (QED) is 0.451. The van der Waals surface area contributed by atoms with Crippen LogP contribution in [0.1, 0.15) is 45.6 Å². The Kier molecular flexibility index (Phi) is 10.6. The molecule has 1 N–H and O–H groups in total. The lowest BCUT2D eigenvalue weighted by atomic mass is 10.1. The SMILES string of the molecule is CC[C@H](C)NC(=O)[C@@H](C)N(Cc1ccc(OC)cc1)C(=O)CCCN(c1ccccc1)S(C)(=O)=O. The summed E-state index contributed by atoms with van der Waals surface area (Å²) in [6.07, 6.45) is 2.36. The van der Waals surface area contributed by atoms with Gasteiger partial charge in [0.05, 0.1) is 19.1 Å². The summed E-state index contributed by atoms with van der Waals surface area (Å²) in [5, 5.41) is 2.94. The van der Waals surface area contributed by atoms with E-state index in [1.807, 2.05) is 44.2 Å². The summed E-state index contributed by atoms with van der Waals surface area (Å²) >= 11 is 0. The van der Waals surface area contributed by atoms with Gasteiger partial charge in [-0.15, -0.1) is 0 Å². The number of amides is 2. The van der Waals surface area contributed by atoms with E-state index in [0.717, 1.165) is 18.2 Å². The lowest BCUT2D eigenvalue weighted by Crippen LogP contribution is -2.49. The van der Waals surface area contributed by atoms with Crippen molar-refractivity contribution in [1.29, 1.82) is 0 Å². The molecule has 0 aromatic heterocycles. The number of anilines is 1. The number of hydrogen-bond donors (Lipinski definition) is 1. The fourth-order valence-corrected chi connectivity index (χ4v) is 4.54. The molecule has 0 aliphatic heterocycles. The highest BCUT2D eigenvalue weighted by atomic mass is 32.2. The predicted octanol–water partition coefficient (Wildman–Crippen LogP) is 3.57. The molecule has 0 fully saturated rings. The fourth-order valence-electron chi connectivity index (χ4n) is 3.57. The smallest absolute Gasteiger partial charge is 0.242 e. The number of carbonyl (C=O) groups excluding carboxylic acids is 2. The third-order valence-corrected chi connectivity index (χ3v) is 7.07. The summed E-state index contributed by atoms with van der Waals surface area (Å²) in [5.74, 6) is 0.272. The van der Waals surface area contributed by atoms with E-state index in [1.165, 1.54) is 4.31 Å². The third kappa shape index (κ3) is 8.58. The van der Waals surface area contributed by atoms with Crippen molar-refractivity contribution in [3.8, 4) is 5.75 Å². The van der Waals surface area contributed by atoms with Gasteiger partial charge in [0.25, 0.3) is 0 Å². The van der Waals surface area contributed by atoms with Crippen LogP contribution in [0, 0.1) is 0 Å². The second-order valence-electron chi connectivity index (χ2n) is 8.64. The third-order valence-electron chi connectivity index (χ3n) is 5.88. The molecule has 2 amide bonds. The van der Waals surface area contributed by atoms with E-state index in [1.54, 1.807) is 43.2 Å². The molecule has 0 spiro atoms. The summed E-state index contributed by atoms with van der Waals surface area (Å²) in [6.45, 7) is 6.04. The second-order valence-corrected chi connectivity index (χ2v) is 10.5. The monoisotopic (exact) mass is 503 g/mol. The van der Waals surface area contributed by atoms with Gasteiger partial charge in [-0.2, -0.15) is 0 Å². The topological polar surface area (TPSA) is 96.0 Å². The number of methoxy groups -OCH3 is 1. The zero-order chi connectivity index (χ0) is 26.0. The van der Waals surface area contributed by atoms with Crippen molar-refractivity contribution in [2.45, 2.75) is 58.7 Å². The molecule has 9 heteroatoms. The molecule has 0 aliphatic carbocycles. The van der Waals surface area contributed by atoms with E-state index in [-0.39, 0.29) is 37.4 Å². The molecule has 35 heavy (non-hydrogen) atoms. The first-order valence-electron chi connectivity index (χ1n) is 11.8. The highest BCUT2D eigenvalue weighted by Crippen LogP contribution is 2.19. The largest absolute Gasteiger partial charge is 0.497 e. The van der Waals surface area contributed by atoms with Gasteiger partial charge in [-0.1, -0.05) is 37.3 Å². The molecule has 0 aliphatic rings. The highest BCUT2D eigenvalue weighted by molar-refractivity contribution is 7.92. The van der Waals surface area contributed by atoms with Crippen LogP contribution in [0.15, 0.2) is 54.6 Å². The molecule has 2 atom stereocenters. The highest BCUT2D eigenvalue weighted by Gasteiger charge is 2.27. The van der Waals surface area contributed by atoms with Crippen LogP contribution in [-0.2, 0) is 26.2 Å². The number of nitrogens with one attached hydrogen (secondary N) is 1. The van der Waals surface area contributed by atoms with E-state index in [2.05, 4.69) is 5.32 Å². The Hall–Kier alpha value is -3.07. The van der Waals surface area contributed by atoms with Crippen LogP contribution in [0.25, 0.3) is 0 Å². The number of sulfonamides is 1. The van der Waals surface area contributed by atoms with Crippen molar-refractivity contribution in [3.63, 3.8) is 0 Å². The number of ether oxygens (including phenoxy) is 1. The van der Waals surface area contributed by atoms with Crippen LogP contribution < -0.4 is 14.4 Å². The van der Waals surface area contributed by atoms with Crippen molar-refractivity contribution in [2.24, 2.45) is 0 Å². The lowest BCUT2D eigenvalue weighted by Gasteiger charge is -2.30. The van der Waals surface area contributed by atoms with Gasteiger partial charge in [0.2, 0.25) is 21.8 Å². The maximum absolute atomic E-state index is 13.3. The molecule has 2 aromatic rings. The predicted molar refractivity (Wildman–Crippen MR) is 139 cm³/mol. The Bertz CT molecular complexity index is 1060. The van der Waals surface area contributed by atoms with Crippen LogP contribution in [0.4, 0.5) is 5.69 Å². The van der Waals surface area contributed by atoms with Crippen LogP contribution in [0.3, 0.4) is 0 Å². The number of hydrogen-bond acceptors (Lipinski definition) is 5. The summed E-state index contributed by atoms with van der Waals surface area (Å²) in [5.41, 5.74) is 1.42. The molecule has 0 unspecified atom stereocenters. The van der Waals surface area contributed by atoms with Gasteiger partial charge in [0.1, 0.15) is 11.8 Å². The number of para-hydroxylation sites is 1. The summed E-state index contributed by atoms with van der Waals surface area (Å²) in [4.78, 5) is 27.7. The van der Waals surface area contributed by atoms with Crippen LogP contribution in [0.5, 0.6) is 5.75 Å². The van der Waals surface area contributed by atoms with E-state index < -0.39 is 16.1 Å². The Balaban J connectivity index is 2.16. The molecule has 0 heterocycles. The van der Waals surface area contributed by atoms with Gasteiger partial charge in [0.15, 0.2) is 0 Å². The van der Waals surface area contributed by atoms with Crippen LogP contribution >= 0.6 is 0 Å². The number of rotatable bonds is 13. The molecule has 0 saturated heterocycles. The Morgan fingerprint density at radius 2 is 1.66 bits per heavy atom. The molecule has 2 rings (SSSR count). The minimum Gasteiger partial charge on any atom is -0.497 e. The Labute approximate surface area is 209 Å².